The molecule has 1 aromatic heterocycles. The fraction of sp³-hybridized carbons (Fsp3) is 0.478. The maximum Gasteiger partial charge on any atom is 0.248 e. The number of carbonyl (C=O) groups excluding carboxylic acids is 3. The molecule has 6 nitrogen and oxygen atoms in total. The lowest BCUT2D eigenvalue weighted by molar-refractivity contribution is -0.143. The Balaban J connectivity index is 1.39. The number of benzene rings is 1. The fourth-order valence-electron chi connectivity index (χ4n) is 5.12. The summed E-state index contributed by atoms with van der Waals surface area (Å²) >= 11 is 1.48. The Morgan fingerprint density at radius 2 is 1.90 bits per heavy atom. The minimum atomic E-state index is -0.269. The molecular formula is C23H25N3O3S. The molecule has 5 rings (SSSR count). The molecule has 3 aliphatic rings. The van der Waals surface area contributed by atoms with Crippen molar-refractivity contribution < 1.29 is 14.4 Å². The Kier molecular flexibility index (Phi) is 4.73. The summed E-state index contributed by atoms with van der Waals surface area (Å²) < 4.78 is 1.03. The average molecular weight is 424 g/mol. The molecule has 30 heavy (non-hydrogen) atoms. The molecule has 1 saturated carbocycles. The van der Waals surface area contributed by atoms with E-state index in [0.29, 0.717) is 11.7 Å². The van der Waals surface area contributed by atoms with Gasteiger partial charge in [0.2, 0.25) is 17.7 Å². The zero-order valence-corrected chi connectivity index (χ0v) is 18.0. The van der Waals surface area contributed by atoms with Crippen molar-refractivity contribution in [3.05, 3.63) is 35.9 Å². The smallest absolute Gasteiger partial charge is 0.248 e. The van der Waals surface area contributed by atoms with E-state index < -0.39 is 0 Å². The number of fused-ring (bicyclic) bond motifs is 6. The minimum Gasteiger partial charge on any atom is -0.287 e. The number of aryl methyl sites for hydroxylation is 1. The van der Waals surface area contributed by atoms with Gasteiger partial charge in [0.25, 0.3) is 0 Å². The van der Waals surface area contributed by atoms with Crippen LogP contribution in [0.5, 0.6) is 0 Å². The summed E-state index contributed by atoms with van der Waals surface area (Å²) in [5.41, 5.74) is 2.01. The second-order valence-electron chi connectivity index (χ2n) is 8.63. The van der Waals surface area contributed by atoms with Crippen LogP contribution in [-0.2, 0) is 14.4 Å². The third-order valence-electron chi connectivity index (χ3n) is 6.65. The number of hydrogen-bond donors (Lipinski definition) is 0. The third kappa shape index (κ3) is 2.98. The highest BCUT2D eigenvalue weighted by molar-refractivity contribution is 7.22. The van der Waals surface area contributed by atoms with E-state index in [9.17, 15) is 14.4 Å². The van der Waals surface area contributed by atoms with Crippen LogP contribution in [0.1, 0.15) is 31.7 Å². The van der Waals surface area contributed by atoms with Crippen LogP contribution in [0.25, 0.3) is 10.2 Å². The zero-order valence-electron chi connectivity index (χ0n) is 17.2. The normalized spacial score (nSPS) is 26.8. The molecule has 3 amide bonds. The molecule has 0 spiro atoms. The summed E-state index contributed by atoms with van der Waals surface area (Å²) in [5, 5.41) is 0.634. The van der Waals surface area contributed by atoms with E-state index in [-0.39, 0.29) is 47.9 Å². The number of imide groups is 1. The lowest BCUT2D eigenvalue weighted by atomic mass is 9.85. The van der Waals surface area contributed by atoms with Gasteiger partial charge < -0.3 is 0 Å². The molecule has 1 aliphatic heterocycles. The number of allylic oxidation sites excluding steroid dienone is 2. The van der Waals surface area contributed by atoms with Crippen molar-refractivity contribution in [2.24, 2.45) is 23.7 Å². The molecule has 2 fully saturated rings. The molecule has 0 radical (unpaired) electrons. The highest BCUT2D eigenvalue weighted by Gasteiger charge is 2.59. The molecule has 1 saturated heterocycles. The van der Waals surface area contributed by atoms with Crippen LogP contribution in [0.15, 0.2) is 30.4 Å². The van der Waals surface area contributed by atoms with Crippen molar-refractivity contribution >= 4 is 44.4 Å². The van der Waals surface area contributed by atoms with E-state index in [0.717, 1.165) is 35.0 Å². The number of nitrogens with zero attached hydrogens (tertiary/aromatic N) is 3. The van der Waals surface area contributed by atoms with Crippen molar-refractivity contribution in [3.63, 3.8) is 0 Å². The topological polar surface area (TPSA) is 70.6 Å². The van der Waals surface area contributed by atoms with Gasteiger partial charge in [-0.05, 0) is 49.3 Å². The maximum absolute atomic E-state index is 13.3. The van der Waals surface area contributed by atoms with Crippen LogP contribution >= 0.6 is 11.3 Å². The Morgan fingerprint density at radius 1 is 1.20 bits per heavy atom. The molecule has 0 N–H and O–H groups in total. The van der Waals surface area contributed by atoms with Gasteiger partial charge >= 0.3 is 0 Å². The van der Waals surface area contributed by atoms with Crippen LogP contribution < -0.4 is 4.90 Å². The first-order valence-electron chi connectivity index (χ1n) is 10.7. The Morgan fingerprint density at radius 3 is 2.57 bits per heavy atom. The van der Waals surface area contributed by atoms with E-state index in [2.05, 4.69) is 30.1 Å². The van der Waals surface area contributed by atoms with Gasteiger partial charge in [0.05, 0.1) is 22.1 Å². The monoisotopic (exact) mass is 423 g/mol. The second kappa shape index (κ2) is 7.30. The molecule has 2 bridgehead atoms. The van der Waals surface area contributed by atoms with Crippen molar-refractivity contribution in [3.8, 4) is 0 Å². The third-order valence-corrected chi connectivity index (χ3v) is 7.70. The number of unbranched alkanes of at least 4 members (excludes halogenated alkanes) is 1. The Hall–Kier alpha value is -2.54. The van der Waals surface area contributed by atoms with Crippen molar-refractivity contribution in [2.75, 3.05) is 18.0 Å². The van der Waals surface area contributed by atoms with E-state index >= 15 is 0 Å². The van der Waals surface area contributed by atoms with Crippen LogP contribution in [0.3, 0.4) is 0 Å². The first-order valence-corrected chi connectivity index (χ1v) is 11.5. The zero-order chi connectivity index (χ0) is 21.0. The molecule has 0 unspecified atom stereocenters. The van der Waals surface area contributed by atoms with Crippen LogP contribution in [0.4, 0.5) is 5.13 Å². The molecular weight excluding hydrogens is 398 g/mol. The van der Waals surface area contributed by atoms with Crippen molar-refractivity contribution in [1.82, 2.24) is 9.88 Å². The number of carbonyl (C=O) groups is 3. The van der Waals surface area contributed by atoms with Gasteiger partial charge in [0.15, 0.2) is 5.13 Å². The molecule has 2 aliphatic carbocycles. The average Bonchev–Trinajstić information content (AvgIpc) is 3.48. The van der Waals surface area contributed by atoms with E-state index in [1.807, 2.05) is 19.1 Å². The van der Waals surface area contributed by atoms with Crippen LogP contribution in [0, 0.1) is 30.6 Å². The molecule has 156 valence electrons. The largest absolute Gasteiger partial charge is 0.287 e. The van der Waals surface area contributed by atoms with Gasteiger partial charge in [0, 0.05) is 6.54 Å². The van der Waals surface area contributed by atoms with Crippen LogP contribution in [0.2, 0.25) is 0 Å². The van der Waals surface area contributed by atoms with Gasteiger partial charge in [-0.2, -0.15) is 0 Å². The summed E-state index contributed by atoms with van der Waals surface area (Å²) in [6.45, 7) is 4.44. The summed E-state index contributed by atoms with van der Waals surface area (Å²) in [6, 6.07) is 6.04. The van der Waals surface area contributed by atoms with Gasteiger partial charge in [-0.3, -0.25) is 24.2 Å². The Labute approximate surface area is 179 Å². The van der Waals surface area contributed by atoms with Gasteiger partial charge in [-0.15, -0.1) is 0 Å². The maximum atomic E-state index is 13.3. The van der Waals surface area contributed by atoms with Crippen molar-refractivity contribution in [1.29, 1.82) is 0 Å². The van der Waals surface area contributed by atoms with Gasteiger partial charge in [0.1, 0.15) is 6.54 Å². The first-order chi connectivity index (χ1) is 14.5. The van der Waals surface area contributed by atoms with Crippen molar-refractivity contribution in [2.45, 2.75) is 33.1 Å². The quantitative estimate of drug-likeness (QED) is 0.526. The van der Waals surface area contributed by atoms with Gasteiger partial charge in [-0.1, -0.05) is 42.9 Å². The van der Waals surface area contributed by atoms with Gasteiger partial charge in [-0.25, -0.2) is 4.98 Å². The summed E-state index contributed by atoms with van der Waals surface area (Å²) in [7, 11) is 0. The first kappa shape index (κ1) is 19.4. The lowest BCUT2D eigenvalue weighted by Crippen LogP contribution is -2.44. The fourth-order valence-corrected chi connectivity index (χ4v) is 6.23. The molecule has 2 aromatic rings. The van der Waals surface area contributed by atoms with E-state index in [4.69, 9.17) is 0 Å². The SMILES string of the molecule is CCCCN(C(=O)CN1C(=O)[C@H]2[C@H](C1=O)[C@H]1C=C[C@H]2C1)c1nc2ccc(C)cc2s1. The molecule has 4 atom stereocenters. The number of aromatic nitrogens is 1. The number of amides is 3. The predicted octanol–water partition coefficient (Wildman–Crippen LogP) is 3.54. The molecule has 7 heteroatoms. The lowest BCUT2D eigenvalue weighted by Gasteiger charge is -2.23. The van der Waals surface area contributed by atoms with E-state index in [1.54, 1.807) is 4.90 Å². The number of anilines is 1. The summed E-state index contributed by atoms with van der Waals surface area (Å²) in [6.07, 6.45) is 6.80. The minimum absolute atomic E-state index is 0.153. The second-order valence-corrected chi connectivity index (χ2v) is 9.64. The highest BCUT2D eigenvalue weighted by Crippen LogP contribution is 2.52. The number of rotatable bonds is 6. The summed E-state index contributed by atoms with van der Waals surface area (Å²) in [4.78, 5) is 46.7. The van der Waals surface area contributed by atoms with E-state index in [1.165, 1.54) is 16.2 Å². The number of likely N-dealkylation sites (tertiary alicyclic amines) is 1. The predicted molar refractivity (Wildman–Crippen MR) is 116 cm³/mol. The highest BCUT2D eigenvalue weighted by atomic mass is 32.1. The van der Waals surface area contributed by atoms with Crippen LogP contribution in [-0.4, -0.2) is 40.7 Å². The number of hydrogen-bond acceptors (Lipinski definition) is 5. The summed E-state index contributed by atoms with van der Waals surface area (Å²) in [5.74, 6) is -0.817. The molecule has 2 heterocycles. The molecule has 1 aromatic carbocycles. The standard InChI is InChI=1S/C23H25N3O3S/c1-3-4-9-25(23-24-16-8-5-13(2)10-17(16)30-23)18(27)12-26-21(28)19-14-6-7-15(11-14)20(19)22(26)29/h5-8,10,14-15,19-20H,3-4,9,11-12H2,1-2H3/t14-,15-,19+,20+/m0/s1. The Bertz CT molecular complexity index is 1040. The number of thiazole rings is 1.